The van der Waals surface area contributed by atoms with Crippen molar-refractivity contribution in [2.75, 3.05) is 13.2 Å². The van der Waals surface area contributed by atoms with Gasteiger partial charge in [0.05, 0.1) is 13.2 Å². The van der Waals surface area contributed by atoms with Gasteiger partial charge in [0.15, 0.2) is 12.2 Å². The van der Waals surface area contributed by atoms with Crippen molar-refractivity contribution < 1.29 is 34.0 Å². The molecule has 410 valence electrons. The van der Waals surface area contributed by atoms with Gasteiger partial charge in [0.25, 0.3) is 0 Å². The average Bonchev–Trinajstić information content (AvgIpc) is 3.71. The molecular formula is C62H120O7. The molecule has 4 atom stereocenters. The summed E-state index contributed by atoms with van der Waals surface area (Å²) in [5, 5.41) is 20.6. The lowest BCUT2D eigenvalue weighted by Gasteiger charge is -2.27. The maximum absolute atomic E-state index is 12.7. The fourth-order valence-electron chi connectivity index (χ4n) is 10.5. The summed E-state index contributed by atoms with van der Waals surface area (Å²) in [7, 11) is 0. The normalized spacial score (nSPS) is 16.4. The molecule has 1 fully saturated rings. The molecule has 0 amide bonds. The van der Waals surface area contributed by atoms with Crippen LogP contribution in [-0.4, -0.2) is 59.8 Å². The highest BCUT2D eigenvalue weighted by Crippen LogP contribution is 2.25. The molecule has 1 rings (SSSR count). The van der Waals surface area contributed by atoms with Crippen molar-refractivity contribution in [2.45, 2.75) is 372 Å². The van der Waals surface area contributed by atoms with Crippen LogP contribution >= 0.6 is 0 Å². The number of carbonyl (C=O) groups is 2. The topological polar surface area (TPSA) is 102 Å². The molecule has 1 aliphatic heterocycles. The molecular weight excluding hydrogens is 857 g/mol. The molecule has 7 nitrogen and oxygen atoms in total. The summed E-state index contributed by atoms with van der Waals surface area (Å²) in [5.74, 6) is -0.754. The first-order valence-electron chi connectivity index (χ1n) is 31.3. The molecule has 7 heteroatoms. The third-order valence-electron chi connectivity index (χ3n) is 15.2. The molecule has 1 saturated heterocycles. The maximum Gasteiger partial charge on any atom is 0.306 e. The van der Waals surface area contributed by atoms with E-state index in [1.807, 2.05) is 0 Å². The number of rotatable bonds is 56. The Morgan fingerprint density at radius 2 is 0.623 bits per heavy atom. The summed E-state index contributed by atoms with van der Waals surface area (Å²) in [4.78, 5) is 25.4. The molecule has 0 bridgehead atoms. The molecule has 0 unspecified atom stereocenters. The van der Waals surface area contributed by atoms with Gasteiger partial charge in [-0.05, 0) is 12.8 Å². The zero-order valence-electron chi connectivity index (χ0n) is 46.4. The number of carbonyl (C=O) groups excluding carboxylic acids is 2. The van der Waals surface area contributed by atoms with Crippen molar-refractivity contribution in [3.63, 3.8) is 0 Å². The van der Waals surface area contributed by atoms with E-state index in [0.29, 0.717) is 6.42 Å². The molecule has 69 heavy (non-hydrogen) atoms. The number of hydrogen-bond donors (Lipinski definition) is 2. The highest BCUT2D eigenvalue weighted by Gasteiger charge is 2.45. The second kappa shape index (κ2) is 53.1. The van der Waals surface area contributed by atoms with Crippen molar-refractivity contribution >= 4 is 11.9 Å². The number of esters is 2. The van der Waals surface area contributed by atoms with Crippen LogP contribution in [0.3, 0.4) is 0 Å². The molecule has 0 aromatic rings. The van der Waals surface area contributed by atoms with E-state index >= 15 is 0 Å². The van der Waals surface area contributed by atoms with Crippen molar-refractivity contribution in [3.05, 3.63) is 0 Å². The zero-order chi connectivity index (χ0) is 49.8. The highest BCUT2D eigenvalue weighted by molar-refractivity contribution is 5.70. The van der Waals surface area contributed by atoms with Gasteiger partial charge in [-0.1, -0.05) is 322 Å². The number of ether oxygens (including phenoxy) is 3. The van der Waals surface area contributed by atoms with E-state index in [1.165, 1.54) is 283 Å². The summed E-state index contributed by atoms with van der Waals surface area (Å²) in [6.45, 7) is 4.12. The number of aliphatic hydroxyl groups excluding tert-OH is 2. The first kappa shape index (κ1) is 65.8. The van der Waals surface area contributed by atoms with Gasteiger partial charge in [0, 0.05) is 12.8 Å². The van der Waals surface area contributed by atoms with Crippen LogP contribution in [0, 0.1) is 0 Å². The first-order chi connectivity index (χ1) is 34.0. The zero-order valence-corrected chi connectivity index (χ0v) is 46.4. The van der Waals surface area contributed by atoms with E-state index in [-0.39, 0.29) is 25.0 Å². The molecule has 0 saturated carbocycles. The van der Waals surface area contributed by atoms with E-state index in [1.54, 1.807) is 0 Å². The van der Waals surface area contributed by atoms with Gasteiger partial charge in [-0.2, -0.15) is 0 Å². The second-order valence-electron chi connectivity index (χ2n) is 22.0. The van der Waals surface area contributed by atoms with Gasteiger partial charge in [0.2, 0.25) is 0 Å². The minimum atomic E-state index is -1.01. The van der Waals surface area contributed by atoms with Gasteiger partial charge in [-0.15, -0.1) is 0 Å². The number of hydrogen-bond acceptors (Lipinski definition) is 7. The Kier molecular flexibility index (Phi) is 50.7. The van der Waals surface area contributed by atoms with Crippen molar-refractivity contribution in [1.82, 2.24) is 0 Å². The van der Waals surface area contributed by atoms with Crippen LogP contribution in [0.4, 0.5) is 0 Å². The van der Waals surface area contributed by atoms with E-state index in [0.717, 1.165) is 38.5 Å². The van der Waals surface area contributed by atoms with Crippen LogP contribution in [0.1, 0.15) is 348 Å². The lowest BCUT2D eigenvalue weighted by atomic mass is 10.0. The molecule has 2 N–H and O–H groups in total. The van der Waals surface area contributed by atoms with Gasteiger partial charge in [-0.3, -0.25) is 9.59 Å². The summed E-state index contributed by atoms with van der Waals surface area (Å²) in [6.07, 6.45) is 63.9. The molecule has 1 heterocycles. The van der Waals surface area contributed by atoms with Crippen LogP contribution < -0.4 is 0 Å². The van der Waals surface area contributed by atoms with Crippen LogP contribution in [0.15, 0.2) is 0 Å². The predicted octanol–water partition coefficient (Wildman–Crippen LogP) is 18.9. The lowest BCUT2D eigenvalue weighted by Crippen LogP contribution is -2.45. The molecule has 1 aliphatic rings. The Labute approximate surface area is 429 Å². The average molecular weight is 978 g/mol. The minimum absolute atomic E-state index is 0.0181. The Morgan fingerprint density at radius 1 is 0.391 bits per heavy atom. The largest absolute Gasteiger partial charge is 0.457 e. The molecule has 0 aromatic heterocycles. The fourth-order valence-corrected chi connectivity index (χ4v) is 10.5. The maximum atomic E-state index is 12.7. The monoisotopic (exact) mass is 977 g/mol. The Hall–Kier alpha value is -1.18. The van der Waals surface area contributed by atoms with Crippen LogP contribution in [0.2, 0.25) is 0 Å². The molecule has 0 radical (unpaired) electrons. The van der Waals surface area contributed by atoms with Gasteiger partial charge in [0.1, 0.15) is 12.2 Å². The molecule has 0 aliphatic carbocycles. The summed E-state index contributed by atoms with van der Waals surface area (Å²) in [6, 6.07) is 0. The standard InChI is InChI=1S/C62H120O7/c1-3-5-7-9-11-13-15-17-19-21-23-25-27-29-31-33-35-37-39-41-43-45-47-49-51-53-59(65)68-58(55-63)62-61(57(64)56-67-62)69-60(66)54-52-50-48-46-44-42-40-38-36-34-32-30-28-26-24-22-20-18-16-14-12-10-8-6-4-2/h57-58,61-64H,3-56H2,1-2H3/t57-,58+,61+,62+/m0/s1. The first-order valence-corrected chi connectivity index (χ1v) is 31.3. The third-order valence-corrected chi connectivity index (χ3v) is 15.2. The van der Waals surface area contributed by atoms with E-state index in [9.17, 15) is 19.8 Å². The van der Waals surface area contributed by atoms with E-state index in [2.05, 4.69) is 13.8 Å². The van der Waals surface area contributed by atoms with Crippen molar-refractivity contribution in [2.24, 2.45) is 0 Å². The van der Waals surface area contributed by atoms with Gasteiger partial charge >= 0.3 is 11.9 Å². The van der Waals surface area contributed by atoms with Crippen molar-refractivity contribution in [1.29, 1.82) is 0 Å². The fraction of sp³-hybridized carbons (Fsp3) is 0.968. The molecule has 0 spiro atoms. The highest BCUT2D eigenvalue weighted by atomic mass is 16.6. The summed E-state index contributed by atoms with van der Waals surface area (Å²) >= 11 is 0. The second-order valence-corrected chi connectivity index (χ2v) is 22.0. The van der Waals surface area contributed by atoms with Gasteiger partial charge in [-0.25, -0.2) is 0 Å². The quantitative estimate of drug-likeness (QED) is 0.0462. The number of aliphatic hydroxyl groups is 2. The summed E-state index contributed by atoms with van der Waals surface area (Å²) in [5.41, 5.74) is 0. The third kappa shape index (κ3) is 44.1. The molecule has 0 aromatic carbocycles. The van der Waals surface area contributed by atoms with Crippen LogP contribution in [0.25, 0.3) is 0 Å². The van der Waals surface area contributed by atoms with Crippen LogP contribution in [-0.2, 0) is 23.8 Å². The van der Waals surface area contributed by atoms with E-state index in [4.69, 9.17) is 14.2 Å². The van der Waals surface area contributed by atoms with Crippen LogP contribution in [0.5, 0.6) is 0 Å². The Bertz CT molecular complexity index is 1050. The summed E-state index contributed by atoms with van der Waals surface area (Å²) < 4.78 is 16.9. The lowest BCUT2D eigenvalue weighted by molar-refractivity contribution is -0.171. The number of unbranched alkanes of at least 4 members (excludes halogenated alkanes) is 48. The van der Waals surface area contributed by atoms with Crippen molar-refractivity contribution in [3.8, 4) is 0 Å². The van der Waals surface area contributed by atoms with Gasteiger partial charge < -0.3 is 24.4 Å². The smallest absolute Gasteiger partial charge is 0.306 e. The Balaban J connectivity index is 1.92. The Morgan fingerprint density at radius 3 is 0.870 bits per heavy atom. The van der Waals surface area contributed by atoms with E-state index < -0.39 is 31.0 Å². The SMILES string of the molecule is CCCCCCCCCCCCCCCCCCCCCCCCCCCC(=O)O[C@H]1[C@@H]([C@@H](CO)OC(=O)CCCCCCCCCCCCCCCCCCCCCCCCCCC)OC[C@@H]1O. The predicted molar refractivity (Wildman–Crippen MR) is 294 cm³/mol. The minimum Gasteiger partial charge on any atom is -0.457 e.